The lowest BCUT2D eigenvalue weighted by molar-refractivity contribution is -0.168. The number of likely N-dealkylation sites (N-methyl/N-ethyl adjacent to an activating group) is 1. The Kier molecular flexibility index (Phi) is 7.78. The number of ketones is 1. The summed E-state index contributed by atoms with van der Waals surface area (Å²) in [6, 6.07) is 0.148. The van der Waals surface area contributed by atoms with Crippen LogP contribution in [-0.2, 0) is 19.1 Å². The fourth-order valence-electron chi connectivity index (χ4n) is 6.25. The summed E-state index contributed by atoms with van der Waals surface area (Å²) < 4.78 is 12.0. The van der Waals surface area contributed by atoms with Crippen molar-refractivity contribution in [3.05, 3.63) is 0 Å². The van der Waals surface area contributed by atoms with Crippen molar-refractivity contribution in [2.24, 2.45) is 29.1 Å². The van der Waals surface area contributed by atoms with Gasteiger partial charge in [-0.2, -0.15) is 0 Å². The molecule has 2 aliphatic heterocycles. The lowest BCUT2D eigenvalue weighted by Gasteiger charge is -2.48. The van der Waals surface area contributed by atoms with Crippen LogP contribution in [0.25, 0.3) is 0 Å². The van der Waals surface area contributed by atoms with E-state index >= 15 is 0 Å². The number of ether oxygens (including phenoxy) is 2. The molecule has 0 aromatic heterocycles. The minimum Gasteiger partial charge on any atom is -0.460 e. The van der Waals surface area contributed by atoms with Gasteiger partial charge in [0.25, 0.3) is 0 Å². The summed E-state index contributed by atoms with van der Waals surface area (Å²) in [5.41, 5.74) is -1.56. The topological polar surface area (TPSA) is 59.1 Å². The van der Waals surface area contributed by atoms with Gasteiger partial charge < -0.3 is 14.4 Å². The van der Waals surface area contributed by atoms with Gasteiger partial charge in [-0.25, -0.2) is 0 Å². The molecule has 6 heteroatoms. The van der Waals surface area contributed by atoms with Crippen LogP contribution < -0.4 is 0 Å². The predicted octanol–water partition coefficient (Wildman–Crippen LogP) is 3.63. The standard InChI is InChI=1S/C26H46N2O4/c1-17-11-26(6,31-8)12-18(2)23(29)25(4,5)24(30)32-19(3)22(27(7)13-17)21-15-28(16-21)14-20-9-10-20/h17-22H,9-16H2,1-8H3/t17-,18-,19-,22+,26-/m1/s1. The zero-order valence-electron chi connectivity index (χ0n) is 21.6. The van der Waals surface area contributed by atoms with E-state index in [1.165, 1.54) is 19.4 Å². The number of Topliss-reactive ketones (excluding diaryl/α,β-unsaturated/α-hetero) is 1. The van der Waals surface area contributed by atoms with E-state index in [4.69, 9.17) is 9.47 Å². The Hall–Kier alpha value is -0.980. The second-order valence-electron chi connectivity index (χ2n) is 12.0. The highest BCUT2D eigenvalue weighted by molar-refractivity contribution is 6.04. The normalized spacial score (nSPS) is 38.9. The summed E-state index contributed by atoms with van der Waals surface area (Å²) >= 11 is 0. The number of cyclic esters (lactones) is 1. The lowest BCUT2D eigenvalue weighted by atomic mass is 9.76. The number of hydrogen-bond acceptors (Lipinski definition) is 6. The molecule has 2 saturated heterocycles. The van der Waals surface area contributed by atoms with E-state index in [1.807, 2.05) is 13.8 Å². The van der Waals surface area contributed by atoms with E-state index < -0.39 is 17.0 Å². The first-order valence-corrected chi connectivity index (χ1v) is 12.6. The summed E-state index contributed by atoms with van der Waals surface area (Å²) in [6.07, 6.45) is 3.96. The second-order valence-corrected chi connectivity index (χ2v) is 12.0. The maximum absolute atomic E-state index is 13.3. The summed E-state index contributed by atoms with van der Waals surface area (Å²) in [7, 11) is 3.90. The molecule has 6 nitrogen and oxygen atoms in total. The number of likely N-dealkylation sites (tertiary alicyclic amines) is 1. The maximum atomic E-state index is 13.3. The van der Waals surface area contributed by atoms with Gasteiger partial charge in [-0.3, -0.25) is 14.5 Å². The number of hydrogen-bond donors (Lipinski definition) is 0. The van der Waals surface area contributed by atoms with Gasteiger partial charge >= 0.3 is 5.97 Å². The van der Waals surface area contributed by atoms with E-state index in [1.54, 1.807) is 21.0 Å². The van der Waals surface area contributed by atoms with Crippen LogP contribution in [0.3, 0.4) is 0 Å². The highest BCUT2D eigenvalue weighted by Gasteiger charge is 2.46. The van der Waals surface area contributed by atoms with Gasteiger partial charge in [0, 0.05) is 45.1 Å². The molecule has 5 atom stereocenters. The molecule has 1 saturated carbocycles. The number of carbonyl (C=O) groups is 2. The Balaban J connectivity index is 1.82. The van der Waals surface area contributed by atoms with E-state index in [-0.39, 0.29) is 23.8 Å². The van der Waals surface area contributed by atoms with Gasteiger partial charge in [0.2, 0.25) is 0 Å². The Bertz CT molecular complexity index is 685. The molecule has 0 radical (unpaired) electrons. The van der Waals surface area contributed by atoms with Crippen LogP contribution in [-0.4, -0.2) is 79.6 Å². The highest BCUT2D eigenvalue weighted by Crippen LogP contribution is 2.37. The van der Waals surface area contributed by atoms with Crippen LogP contribution in [0.1, 0.15) is 67.2 Å². The van der Waals surface area contributed by atoms with Crippen molar-refractivity contribution < 1.29 is 19.1 Å². The SMILES string of the molecule is CO[C@]1(C)C[C@@H](C)CN(C)[C@H](C2CN(CC3CC3)C2)[C@@H](C)OC(=O)C(C)(C)C(=O)[C@H](C)C1. The van der Waals surface area contributed by atoms with Gasteiger partial charge in [-0.05, 0) is 72.3 Å². The fourth-order valence-corrected chi connectivity index (χ4v) is 6.25. The molecule has 3 rings (SSSR count). The summed E-state index contributed by atoms with van der Waals surface area (Å²) in [6.45, 7) is 16.0. The van der Waals surface area contributed by atoms with Gasteiger partial charge in [0.1, 0.15) is 11.5 Å². The van der Waals surface area contributed by atoms with Crippen LogP contribution in [0.2, 0.25) is 0 Å². The maximum Gasteiger partial charge on any atom is 0.319 e. The zero-order valence-corrected chi connectivity index (χ0v) is 21.6. The van der Waals surface area contributed by atoms with Gasteiger partial charge in [-0.1, -0.05) is 13.8 Å². The van der Waals surface area contributed by atoms with E-state index in [0.717, 1.165) is 32.0 Å². The second kappa shape index (κ2) is 9.71. The molecule has 0 N–H and O–H groups in total. The molecule has 3 aliphatic rings. The molecular weight excluding hydrogens is 404 g/mol. The Morgan fingerprint density at radius 1 is 1.03 bits per heavy atom. The first-order chi connectivity index (χ1) is 14.9. The monoisotopic (exact) mass is 450 g/mol. The third kappa shape index (κ3) is 5.74. The summed E-state index contributed by atoms with van der Waals surface area (Å²) in [4.78, 5) is 31.4. The number of methoxy groups -OCH3 is 1. The van der Waals surface area contributed by atoms with Gasteiger partial charge in [0.05, 0.1) is 11.6 Å². The van der Waals surface area contributed by atoms with Crippen molar-refractivity contribution in [3.63, 3.8) is 0 Å². The van der Waals surface area contributed by atoms with Crippen molar-refractivity contribution in [1.29, 1.82) is 0 Å². The van der Waals surface area contributed by atoms with E-state index in [2.05, 4.69) is 30.7 Å². The summed E-state index contributed by atoms with van der Waals surface area (Å²) in [5.74, 6) is 1.03. The van der Waals surface area contributed by atoms with Gasteiger partial charge in [-0.15, -0.1) is 0 Å². The fraction of sp³-hybridized carbons (Fsp3) is 0.923. The predicted molar refractivity (Wildman–Crippen MR) is 126 cm³/mol. The highest BCUT2D eigenvalue weighted by atomic mass is 16.5. The molecule has 0 unspecified atom stereocenters. The molecule has 32 heavy (non-hydrogen) atoms. The Morgan fingerprint density at radius 2 is 1.66 bits per heavy atom. The molecule has 0 spiro atoms. The Morgan fingerprint density at radius 3 is 2.22 bits per heavy atom. The summed E-state index contributed by atoms with van der Waals surface area (Å²) in [5, 5.41) is 0. The Labute approximate surface area is 195 Å². The average molecular weight is 451 g/mol. The van der Waals surface area contributed by atoms with E-state index in [0.29, 0.717) is 18.3 Å². The molecule has 2 heterocycles. The number of esters is 1. The quantitative estimate of drug-likeness (QED) is 0.482. The van der Waals surface area contributed by atoms with Crippen LogP contribution in [0.5, 0.6) is 0 Å². The van der Waals surface area contributed by atoms with Crippen molar-refractivity contribution in [3.8, 4) is 0 Å². The molecule has 3 fully saturated rings. The molecule has 0 bridgehead atoms. The molecule has 1 aliphatic carbocycles. The van der Waals surface area contributed by atoms with Crippen molar-refractivity contribution >= 4 is 11.8 Å². The third-order valence-electron chi connectivity index (χ3n) is 8.15. The number of rotatable bonds is 4. The average Bonchev–Trinajstić information content (AvgIpc) is 3.48. The van der Waals surface area contributed by atoms with Crippen molar-refractivity contribution in [2.75, 3.05) is 40.3 Å². The molecule has 0 aromatic carbocycles. The van der Waals surface area contributed by atoms with Crippen LogP contribution in [0.4, 0.5) is 0 Å². The van der Waals surface area contributed by atoms with Gasteiger partial charge in [0.15, 0.2) is 5.78 Å². The molecule has 0 amide bonds. The van der Waals surface area contributed by atoms with Crippen molar-refractivity contribution in [2.45, 2.75) is 85.0 Å². The number of nitrogens with zero attached hydrogens (tertiary/aromatic N) is 2. The molecule has 0 aromatic rings. The lowest BCUT2D eigenvalue weighted by Crippen LogP contribution is -2.60. The first kappa shape index (κ1) is 25.6. The van der Waals surface area contributed by atoms with Crippen LogP contribution in [0, 0.1) is 29.1 Å². The van der Waals surface area contributed by atoms with E-state index in [9.17, 15) is 9.59 Å². The zero-order chi connectivity index (χ0) is 23.8. The third-order valence-corrected chi connectivity index (χ3v) is 8.15. The van der Waals surface area contributed by atoms with Crippen LogP contribution >= 0.6 is 0 Å². The van der Waals surface area contributed by atoms with Crippen molar-refractivity contribution in [1.82, 2.24) is 9.80 Å². The number of carbonyl (C=O) groups excluding carboxylic acids is 2. The smallest absolute Gasteiger partial charge is 0.319 e. The largest absolute Gasteiger partial charge is 0.460 e. The first-order valence-electron chi connectivity index (χ1n) is 12.6. The molecule has 184 valence electrons. The van der Waals surface area contributed by atoms with Crippen LogP contribution in [0.15, 0.2) is 0 Å². The molecular formula is C26H46N2O4. The minimum absolute atomic E-state index is 0.0611. The minimum atomic E-state index is -1.16.